The molecule has 2 rings (SSSR count). The van der Waals surface area contributed by atoms with E-state index in [1.807, 2.05) is 6.07 Å². The van der Waals surface area contributed by atoms with Crippen LogP contribution in [0.2, 0.25) is 0 Å². The first kappa shape index (κ1) is 21.9. The summed E-state index contributed by atoms with van der Waals surface area (Å²) in [6.45, 7) is 3.49. The zero-order valence-electron chi connectivity index (χ0n) is 14.6. The van der Waals surface area contributed by atoms with Gasteiger partial charge < -0.3 is 20.1 Å². The molecule has 142 valence electrons. The molecule has 8 heteroatoms. The number of alkyl halides is 2. The van der Waals surface area contributed by atoms with Gasteiger partial charge in [-0.15, -0.1) is 24.0 Å². The van der Waals surface area contributed by atoms with Crippen molar-refractivity contribution in [3.05, 3.63) is 29.8 Å². The van der Waals surface area contributed by atoms with Crippen molar-refractivity contribution in [1.82, 2.24) is 10.6 Å². The average Bonchev–Trinajstić information content (AvgIpc) is 3.00. The van der Waals surface area contributed by atoms with Gasteiger partial charge in [0.05, 0.1) is 5.60 Å². The van der Waals surface area contributed by atoms with Crippen molar-refractivity contribution in [2.75, 3.05) is 26.8 Å². The van der Waals surface area contributed by atoms with Crippen LogP contribution in [0.4, 0.5) is 8.78 Å². The Balaban J connectivity index is 0.00000312. The smallest absolute Gasteiger partial charge is 0.272 e. The molecule has 25 heavy (non-hydrogen) atoms. The lowest BCUT2D eigenvalue weighted by molar-refractivity contribution is 0.0243. The fraction of sp³-hybridized carbons (Fsp3) is 0.588. The van der Waals surface area contributed by atoms with E-state index in [2.05, 4.69) is 22.5 Å². The number of rotatable bonds is 7. The topological polar surface area (TPSA) is 54.9 Å². The van der Waals surface area contributed by atoms with Crippen LogP contribution >= 0.6 is 24.0 Å². The Labute approximate surface area is 164 Å². The van der Waals surface area contributed by atoms with Gasteiger partial charge in [0.1, 0.15) is 12.4 Å². The molecule has 0 radical (unpaired) electrons. The third-order valence-electron chi connectivity index (χ3n) is 3.89. The van der Waals surface area contributed by atoms with Crippen LogP contribution in [0.1, 0.15) is 25.3 Å². The van der Waals surface area contributed by atoms with Crippen LogP contribution in [0.5, 0.6) is 5.75 Å². The molecule has 5 nitrogen and oxygen atoms in total. The van der Waals surface area contributed by atoms with Crippen LogP contribution in [-0.4, -0.2) is 44.8 Å². The number of guanidine groups is 1. The molecular weight excluding hydrogens is 443 g/mol. The molecule has 1 aliphatic heterocycles. The number of nitrogens with zero attached hydrogens (tertiary/aromatic N) is 1. The summed E-state index contributed by atoms with van der Waals surface area (Å²) < 4.78 is 35.2. The number of benzene rings is 1. The zero-order valence-corrected chi connectivity index (χ0v) is 16.9. The quantitative estimate of drug-likeness (QED) is 0.366. The van der Waals surface area contributed by atoms with Crippen LogP contribution in [0, 0.1) is 0 Å². The zero-order chi connectivity index (χ0) is 17.4. The van der Waals surface area contributed by atoms with E-state index in [1.54, 1.807) is 25.2 Å². The van der Waals surface area contributed by atoms with Crippen molar-refractivity contribution in [2.45, 2.75) is 38.3 Å². The van der Waals surface area contributed by atoms with E-state index in [9.17, 15) is 8.78 Å². The molecule has 1 fully saturated rings. The van der Waals surface area contributed by atoms with Crippen LogP contribution < -0.4 is 15.4 Å². The van der Waals surface area contributed by atoms with Gasteiger partial charge in [0.2, 0.25) is 0 Å². The van der Waals surface area contributed by atoms with Crippen molar-refractivity contribution >= 4 is 29.9 Å². The molecule has 0 amide bonds. The number of halogens is 3. The van der Waals surface area contributed by atoms with Crippen molar-refractivity contribution in [3.8, 4) is 5.75 Å². The lowest BCUT2D eigenvalue weighted by Crippen LogP contribution is -2.45. The molecule has 1 heterocycles. The summed E-state index contributed by atoms with van der Waals surface area (Å²) in [5.74, 6) is 1.11. The van der Waals surface area contributed by atoms with Gasteiger partial charge in [0, 0.05) is 26.7 Å². The largest absolute Gasteiger partial charge is 0.488 e. The molecule has 0 spiro atoms. The van der Waals surface area contributed by atoms with Gasteiger partial charge in [-0.05, 0) is 37.5 Å². The van der Waals surface area contributed by atoms with Gasteiger partial charge in [0.25, 0.3) is 6.43 Å². The second-order valence-electron chi connectivity index (χ2n) is 6.03. The maximum atomic E-state index is 12.2. The number of aliphatic imine (C=N–C) groups is 1. The minimum absolute atomic E-state index is 0. The Morgan fingerprint density at radius 3 is 2.84 bits per heavy atom. The lowest BCUT2D eigenvalue weighted by atomic mass is 10.0. The lowest BCUT2D eigenvalue weighted by Gasteiger charge is -2.24. The van der Waals surface area contributed by atoms with Gasteiger partial charge in [0.15, 0.2) is 5.96 Å². The van der Waals surface area contributed by atoms with Crippen molar-refractivity contribution in [1.29, 1.82) is 0 Å². The third-order valence-corrected chi connectivity index (χ3v) is 3.89. The molecule has 0 saturated carbocycles. The van der Waals surface area contributed by atoms with Crippen LogP contribution in [-0.2, 0) is 11.3 Å². The molecule has 1 aromatic carbocycles. The Morgan fingerprint density at radius 1 is 1.40 bits per heavy atom. The van der Waals surface area contributed by atoms with E-state index < -0.39 is 13.0 Å². The molecule has 1 atom stereocenters. The molecule has 2 N–H and O–H groups in total. The maximum Gasteiger partial charge on any atom is 0.272 e. The summed E-state index contributed by atoms with van der Waals surface area (Å²) in [7, 11) is 1.70. The first-order valence-electron chi connectivity index (χ1n) is 8.09. The predicted octanol–water partition coefficient (Wildman–Crippen LogP) is 3.18. The summed E-state index contributed by atoms with van der Waals surface area (Å²) in [4.78, 5) is 4.19. The number of hydrogen-bond acceptors (Lipinski definition) is 3. The van der Waals surface area contributed by atoms with Gasteiger partial charge in [-0.2, -0.15) is 0 Å². The normalized spacial score (nSPS) is 20.3. The number of ether oxygens (including phenoxy) is 2. The van der Waals surface area contributed by atoms with E-state index in [4.69, 9.17) is 9.47 Å². The second kappa shape index (κ2) is 10.7. The van der Waals surface area contributed by atoms with E-state index in [1.165, 1.54) is 0 Å². The van der Waals surface area contributed by atoms with Gasteiger partial charge in [-0.3, -0.25) is 4.99 Å². The monoisotopic (exact) mass is 469 g/mol. The van der Waals surface area contributed by atoms with Crippen LogP contribution in [0.25, 0.3) is 0 Å². The first-order valence-corrected chi connectivity index (χ1v) is 8.09. The Kier molecular flexibility index (Phi) is 9.41. The highest BCUT2D eigenvalue weighted by atomic mass is 127. The molecule has 1 aliphatic rings. The molecule has 1 unspecified atom stereocenters. The molecule has 0 bridgehead atoms. The summed E-state index contributed by atoms with van der Waals surface area (Å²) >= 11 is 0. The summed E-state index contributed by atoms with van der Waals surface area (Å²) in [6, 6.07) is 7.08. The Bertz CT molecular complexity index is 552. The highest BCUT2D eigenvalue weighted by Crippen LogP contribution is 2.23. The van der Waals surface area contributed by atoms with E-state index in [0.29, 0.717) is 24.8 Å². The van der Waals surface area contributed by atoms with Crippen LogP contribution in [0.15, 0.2) is 29.3 Å². The Morgan fingerprint density at radius 2 is 2.20 bits per heavy atom. The standard InChI is InChI=1S/C17H25F2N3O2.HI/c1-17(7-4-8-24-17)12-22-16(20-2)21-10-13-5-3-6-14(9-13)23-11-15(18)19;/h3,5-6,9,15H,4,7-8,10-12H2,1-2H3,(H2,20,21,22);1H. The van der Waals surface area contributed by atoms with Gasteiger partial charge >= 0.3 is 0 Å². The summed E-state index contributed by atoms with van der Waals surface area (Å²) in [6.07, 6.45) is -0.371. The summed E-state index contributed by atoms with van der Waals surface area (Å²) in [5.41, 5.74) is 0.772. The van der Waals surface area contributed by atoms with Crippen molar-refractivity contribution < 1.29 is 18.3 Å². The minimum atomic E-state index is -2.48. The van der Waals surface area contributed by atoms with Crippen LogP contribution in [0.3, 0.4) is 0 Å². The van der Waals surface area contributed by atoms with Crippen molar-refractivity contribution in [2.24, 2.45) is 4.99 Å². The fourth-order valence-electron chi connectivity index (χ4n) is 2.56. The fourth-order valence-corrected chi connectivity index (χ4v) is 2.56. The highest BCUT2D eigenvalue weighted by molar-refractivity contribution is 14.0. The third kappa shape index (κ3) is 7.72. The van der Waals surface area contributed by atoms with E-state index in [-0.39, 0.29) is 29.6 Å². The van der Waals surface area contributed by atoms with E-state index >= 15 is 0 Å². The highest BCUT2D eigenvalue weighted by Gasteiger charge is 2.29. The van der Waals surface area contributed by atoms with Gasteiger partial charge in [-0.1, -0.05) is 12.1 Å². The SMILES string of the molecule is CN=C(NCc1cccc(OCC(F)F)c1)NCC1(C)CCCO1.I. The molecule has 1 saturated heterocycles. The number of hydrogen-bond donors (Lipinski definition) is 2. The molecule has 0 aromatic heterocycles. The molecule has 0 aliphatic carbocycles. The van der Waals surface area contributed by atoms with Crippen molar-refractivity contribution in [3.63, 3.8) is 0 Å². The van der Waals surface area contributed by atoms with Gasteiger partial charge in [-0.25, -0.2) is 8.78 Å². The summed E-state index contributed by atoms with van der Waals surface area (Å²) in [5, 5.41) is 6.46. The number of nitrogens with one attached hydrogen (secondary N) is 2. The minimum Gasteiger partial charge on any atom is -0.488 e. The maximum absolute atomic E-state index is 12.2. The average molecular weight is 469 g/mol. The second-order valence-corrected chi connectivity index (χ2v) is 6.03. The predicted molar refractivity (Wildman–Crippen MR) is 105 cm³/mol. The first-order chi connectivity index (χ1) is 11.5. The Hall–Kier alpha value is -1.16. The molecular formula is C17H26F2IN3O2. The molecule has 1 aromatic rings. The van der Waals surface area contributed by atoms with E-state index in [0.717, 1.165) is 25.0 Å².